The van der Waals surface area contributed by atoms with Gasteiger partial charge in [0.15, 0.2) is 0 Å². The Morgan fingerprint density at radius 2 is 2.04 bits per heavy atom. The van der Waals surface area contributed by atoms with Crippen LogP contribution in [-0.4, -0.2) is 31.2 Å². The molecule has 5 heteroatoms. The monoisotopic (exact) mass is 372 g/mol. The highest BCUT2D eigenvalue weighted by molar-refractivity contribution is 5.93. The van der Waals surface area contributed by atoms with Gasteiger partial charge in [0, 0.05) is 42.0 Å². The van der Waals surface area contributed by atoms with Crippen molar-refractivity contribution in [3.05, 3.63) is 65.4 Å². The van der Waals surface area contributed by atoms with Gasteiger partial charge >= 0.3 is 0 Å². The third-order valence-corrected chi connectivity index (χ3v) is 5.31. The van der Waals surface area contributed by atoms with Crippen molar-refractivity contribution in [1.82, 2.24) is 10.3 Å². The molecule has 1 atom stereocenters. The summed E-state index contributed by atoms with van der Waals surface area (Å²) >= 11 is 0. The number of nitrogens with one attached hydrogen (secondary N) is 1. The number of aromatic nitrogens is 1. The number of nitrogens with zero attached hydrogens (tertiary/aromatic N) is 3. The number of ether oxygens (including phenoxy) is 1. The molecule has 4 rings (SSSR count). The Balaban J connectivity index is 1.56. The minimum Gasteiger partial charge on any atom is -0.489 e. The summed E-state index contributed by atoms with van der Waals surface area (Å²) in [5.41, 5.74) is 4.91. The Kier molecular flexibility index (Phi) is 5.14. The van der Waals surface area contributed by atoms with E-state index >= 15 is 0 Å². The summed E-state index contributed by atoms with van der Waals surface area (Å²) in [5, 5.41) is 13.4. The number of pyridine rings is 1. The predicted molar refractivity (Wildman–Crippen MR) is 112 cm³/mol. The van der Waals surface area contributed by atoms with Gasteiger partial charge < -0.3 is 15.0 Å². The second-order valence-electron chi connectivity index (χ2n) is 7.28. The van der Waals surface area contributed by atoms with Gasteiger partial charge in [-0.1, -0.05) is 12.1 Å². The third kappa shape index (κ3) is 3.78. The number of anilines is 1. The molecule has 2 heterocycles. The maximum atomic E-state index is 8.89. The zero-order valence-corrected chi connectivity index (χ0v) is 16.3. The minimum absolute atomic E-state index is 0.464. The summed E-state index contributed by atoms with van der Waals surface area (Å²) in [5.74, 6) is 0.801. The van der Waals surface area contributed by atoms with Gasteiger partial charge in [-0.15, -0.1) is 0 Å². The fourth-order valence-electron chi connectivity index (χ4n) is 3.73. The molecule has 1 N–H and O–H groups in total. The van der Waals surface area contributed by atoms with Crippen LogP contribution in [0.3, 0.4) is 0 Å². The first-order valence-electron chi connectivity index (χ1n) is 9.62. The summed E-state index contributed by atoms with van der Waals surface area (Å²) in [4.78, 5) is 7.17. The number of fused-ring (bicyclic) bond motifs is 1. The summed E-state index contributed by atoms with van der Waals surface area (Å²) in [6.07, 6.45) is 1.16. The molecule has 0 radical (unpaired) electrons. The lowest BCUT2D eigenvalue weighted by molar-refractivity contribution is 0.306. The molecule has 0 bridgehead atoms. The molecule has 28 heavy (non-hydrogen) atoms. The Bertz CT molecular complexity index is 1020. The van der Waals surface area contributed by atoms with Gasteiger partial charge in [0.25, 0.3) is 0 Å². The van der Waals surface area contributed by atoms with Gasteiger partial charge in [-0.25, -0.2) is 0 Å². The standard InChI is InChI=1S/C23H24N4O/c1-16-11-23(27-10-9-19(14-27)25-2)21-8-7-20(12-22(21)26-16)28-15-18-5-3-17(13-24)4-6-18/h3-8,11-12,19,25H,9-10,14-15H2,1-2H3. The van der Waals surface area contributed by atoms with Gasteiger partial charge in [-0.2, -0.15) is 5.26 Å². The van der Waals surface area contributed by atoms with Gasteiger partial charge in [-0.05, 0) is 56.3 Å². The van der Waals surface area contributed by atoms with Gasteiger partial charge in [-0.3, -0.25) is 4.98 Å². The zero-order chi connectivity index (χ0) is 19.5. The molecule has 1 saturated heterocycles. The van der Waals surface area contributed by atoms with E-state index in [-0.39, 0.29) is 0 Å². The lowest BCUT2D eigenvalue weighted by Crippen LogP contribution is -2.29. The molecular formula is C23H24N4O. The molecule has 5 nitrogen and oxygen atoms in total. The molecule has 1 aromatic heterocycles. The van der Waals surface area contributed by atoms with E-state index in [0.717, 1.165) is 47.4 Å². The molecule has 1 fully saturated rings. The van der Waals surface area contributed by atoms with E-state index in [4.69, 9.17) is 15.0 Å². The predicted octanol–water partition coefficient (Wildman–Crippen LogP) is 3.79. The Hall–Kier alpha value is -3.10. The maximum absolute atomic E-state index is 8.89. The van der Waals surface area contributed by atoms with Crippen molar-refractivity contribution in [3.8, 4) is 11.8 Å². The van der Waals surface area contributed by atoms with Crippen LogP contribution < -0.4 is 15.0 Å². The lowest BCUT2D eigenvalue weighted by atomic mass is 10.1. The van der Waals surface area contributed by atoms with Crippen molar-refractivity contribution < 1.29 is 4.74 Å². The summed E-state index contributed by atoms with van der Waals surface area (Å²) < 4.78 is 5.97. The van der Waals surface area contributed by atoms with Crippen LogP contribution in [0, 0.1) is 18.3 Å². The molecule has 0 saturated carbocycles. The van der Waals surface area contributed by atoms with Crippen LogP contribution in [0.1, 0.15) is 23.2 Å². The van der Waals surface area contributed by atoms with E-state index in [1.807, 2.05) is 50.4 Å². The van der Waals surface area contributed by atoms with Crippen LogP contribution >= 0.6 is 0 Å². The van der Waals surface area contributed by atoms with Crippen LogP contribution in [0.2, 0.25) is 0 Å². The summed E-state index contributed by atoms with van der Waals surface area (Å²) in [7, 11) is 2.03. The van der Waals surface area contributed by atoms with Crippen LogP contribution in [-0.2, 0) is 6.61 Å². The number of hydrogen-bond donors (Lipinski definition) is 1. The molecule has 3 aromatic rings. The number of nitriles is 1. The molecular weight excluding hydrogens is 348 g/mol. The highest BCUT2D eigenvalue weighted by atomic mass is 16.5. The zero-order valence-electron chi connectivity index (χ0n) is 16.3. The van der Waals surface area contributed by atoms with Crippen LogP contribution in [0.4, 0.5) is 5.69 Å². The second kappa shape index (κ2) is 7.87. The number of aryl methyl sites for hydroxylation is 1. The van der Waals surface area contributed by atoms with Gasteiger partial charge in [0.2, 0.25) is 0 Å². The third-order valence-electron chi connectivity index (χ3n) is 5.31. The average Bonchev–Trinajstić information content (AvgIpc) is 3.21. The average molecular weight is 372 g/mol. The Morgan fingerprint density at radius 3 is 2.75 bits per heavy atom. The van der Waals surface area contributed by atoms with Crippen LogP contribution in [0.25, 0.3) is 10.9 Å². The molecule has 1 aliphatic heterocycles. The van der Waals surface area contributed by atoms with Crippen molar-refractivity contribution in [2.75, 3.05) is 25.0 Å². The molecule has 0 aliphatic carbocycles. The molecule has 0 spiro atoms. The first-order chi connectivity index (χ1) is 13.7. The summed E-state index contributed by atoms with van der Waals surface area (Å²) in [6.45, 7) is 4.58. The molecule has 0 amide bonds. The van der Waals surface area contributed by atoms with E-state index < -0.39 is 0 Å². The SMILES string of the molecule is CNC1CCN(c2cc(C)nc3cc(OCc4ccc(C#N)cc4)ccc23)C1. The molecule has 2 aromatic carbocycles. The second-order valence-corrected chi connectivity index (χ2v) is 7.28. The van der Waals surface area contributed by atoms with E-state index in [1.165, 1.54) is 5.69 Å². The van der Waals surface area contributed by atoms with Gasteiger partial charge in [0.05, 0.1) is 17.1 Å². The fraction of sp³-hybridized carbons (Fsp3) is 0.304. The smallest absolute Gasteiger partial charge is 0.122 e. The van der Waals surface area contributed by atoms with E-state index in [9.17, 15) is 0 Å². The normalized spacial score (nSPS) is 16.3. The number of rotatable bonds is 5. The lowest BCUT2D eigenvalue weighted by Gasteiger charge is -2.21. The van der Waals surface area contributed by atoms with Crippen molar-refractivity contribution in [1.29, 1.82) is 5.26 Å². The number of hydrogen-bond acceptors (Lipinski definition) is 5. The summed E-state index contributed by atoms with van der Waals surface area (Å²) in [6, 6.07) is 18.5. The van der Waals surface area contributed by atoms with Crippen molar-refractivity contribution >= 4 is 16.6 Å². The number of benzene rings is 2. The molecule has 142 valence electrons. The molecule has 1 aliphatic rings. The minimum atomic E-state index is 0.464. The van der Waals surface area contributed by atoms with E-state index in [2.05, 4.69) is 28.4 Å². The first kappa shape index (κ1) is 18.3. The molecule has 1 unspecified atom stereocenters. The maximum Gasteiger partial charge on any atom is 0.122 e. The fourth-order valence-corrected chi connectivity index (χ4v) is 3.73. The Labute approximate surface area is 165 Å². The Morgan fingerprint density at radius 1 is 1.21 bits per heavy atom. The van der Waals surface area contributed by atoms with Crippen LogP contribution in [0.15, 0.2) is 48.5 Å². The van der Waals surface area contributed by atoms with Crippen molar-refractivity contribution in [3.63, 3.8) is 0 Å². The van der Waals surface area contributed by atoms with E-state index in [0.29, 0.717) is 18.2 Å². The highest BCUT2D eigenvalue weighted by Gasteiger charge is 2.23. The van der Waals surface area contributed by atoms with Crippen molar-refractivity contribution in [2.24, 2.45) is 0 Å². The van der Waals surface area contributed by atoms with Gasteiger partial charge in [0.1, 0.15) is 12.4 Å². The first-order valence-corrected chi connectivity index (χ1v) is 9.62. The largest absolute Gasteiger partial charge is 0.489 e. The topological polar surface area (TPSA) is 61.2 Å². The van der Waals surface area contributed by atoms with E-state index in [1.54, 1.807) is 0 Å². The quantitative estimate of drug-likeness (QED) is 0.738. The number of likely N-dealkylation sites (N-methyl/N-ethyl adjacent to an activating group) is 1. The highest BCUT2D eigenvalue weighted by Crippen LogP contribution is 2.31. The van der Waals surface area contributed by atoms with Crippen molar-refractivity contribution in [2.45, 2.75) is 26.0 Å². The van der Waals surface area contributed by atoms with Crippen LogP contribution in [0.5, 0.6) is 5.75 Å².